The summed E-state index contributed by atoms with van der Waals surface area (Å²) in [5.74, 6) is -8.68. The molecule has 2 saturated heterocycles. The van der Waals surface area contributed by atoms with Crippen LogP contribution in [0.2, 0.25) is 5.02 Å². The summed E-state index contributed by atoms with van der Waals surface area (Å²) < 4.78 is 23.7. The Balaban J connectivity index is 1.58. The zero-order chi connectivity index (χ0) is 31.2. The smallest absolute Gasteiger partial charge is 0.423 e. The van der Waals surface area contributed by atoms with Crippen LogP contribution in [-0.2, 0) is 23.9 Å². The number of halogens is 4. The molecule has 2 aromatic rings. The van der Waals surface area contributed by atoms with Crippen LogP contribution in [-0.4, -0.2) is 63.7 Å². The predicted molar refractivity (Wildman–Crippen MR) is 151 cm³/mol. The quantitative estimate of drug-likeness (QED) is 0.291. The number of hydrogen-bond acceptors (Lipinski definition) is 8. The van der Waals surface area contributed by atoms with Gasteiger partial charge in [0.25, 0.3) is 11.8 Å². The van der Waals surface area contributed by atoms with Crippen molar-refractivity contribution >= 4 is 70.2 Å². The molecule has 2 aliphatic carbocycles. The Morgan fingerprint density at radius 3 is 2.33 bits per heavy atom. The maximum absolute atomic E-state index is 14.3. The summed E-state index contributed by atoms with van der Waals surface area (Å²) in [5, 5.41) is 10.3. The van der Waals surface area contributed by atoms with Crippen LogP contribution >= 0.6 is 34.8 Å². The van der Waals surface area contributed by atoms with E-state index in [0.717, 1.165) is 24.1 Å². The van der Waals surface area contributed by atoms with E-state index >= 15 is 0 Å². The van der Waals surface area contributed by atoms with Crippen molar-refractivity contribution in [3.8, 4) is 11.5 Å². The lowest BCUT2D eigenvalue weighted by Gasteiger charge is -2.50. The number of anilines is 1. The number of allylic oxidation sites excluding steroid dienone is 2. The minimum Gasteiger partial charge on any atom is -0.503 e. The van der Waals surface area contributed by atoms with Crippen LogP contribution in [0.15, 0.2) is 48.0 Å². The zero-order valence-electron chi connectivity index (χ0n) is 22.5. The van der Waals surface area contributed by atoms with Crippen molar-refractivity contribution in [3.63, 3.8) is 0 Å². The number of aromatic hydroxyl groups is 1. The molecule has 224 valence electrons. The van der Waals surface area contributed by atoms with Gasteiger partial charge < -0.3 is 14.6 Å². The molecule has 0 spiro atoms. The van der Waals surface area contributed by atoms with Gasteiger partial charge in [-0.1, -0.05) is 23.3 Å². The molecule has 43 heavy (non-hydrogen) atoms. The van der Waals surface area contributed by atoms with Crippen molar-refractivity contribution in [1.82, 2.24) is 4.90 Å². The lowest BCUT2D eigenvalue weighted by molar-refractivity contribution is -0.138. The lowest BCUT2D eigenvalue weighted by atomic mass is 9.56. The Morgan fingerprint density at radius 1 is 1.02 bits per heavy atom. The fourth-order valence-electron chi connectivity index (χ4n) is 6.96. The molecule has 0 bridgehead atoms. The first-order chi connectivity index (χ1) is 20.3. The second-order valence-electron chi connectivity index (χ2n) is 10.8. The number of hydrogen-bond donors (Lipinski definition) is 1. The van der Waals surface area contributed by atoms with E-state index in [1.54, 1.807) is 6.08 Å². The molecule has 1 N–H and O–H groups in total. The third-order valence-electron chi connectivity index (χ3n) is 8.86. The maximum Gasteiger partial charge on any atom is 0.423 e. The molecule has 6 rings (SSSR count). The number of imide groups is 4. The van der Waals surface area contributed by atoms with Crippen LogP contribution in [0.3, 0.4) is 0 Å². The molecule has 6 atom stereocenters. The fraction of sp³-hybridized carbons (Fsp3) is 0.345. The Hall–Kier alpha value is -3.67. The SMILES string of the molecule is COC(=O)N1C(=O)[C@H]2[C@H](CC=C3[C@H]2C[C@@]2(Cl)C(=O)N(c4ccc(F)cc4)C(=O)[C@@]2(Cl)[C@H]3c2cc(Cl)c(O)c(OC)c2)C1=O. The standard InChI is InChI=1S/C29H22Cl3FN2O8/c1-42-19-10-12(9-18(30)22(19)36)21-15-7-8-16-20(24(38)35(23(16)37)27(41)43-2)17(15)11-28(31)25(39)34(26(40)29(21,28)32)14-5-3-13(33)4-6-14/h3-7,9-10,16-17,20-21,36H,8,11H2,1-2H3/t16-,17+,20-,21-,28+,29-/m0/s1. The number of fused-ring (bicyclic) bond motifs is 4. The first-order valence-corrected chi connectivity index (χ1v) is 14.2. The van der Waals surface area contributed by atoms with Crippen LogP contribution in [0.25, 0.3) is 0 Å². The summed E-state index contributed by atoms with van der Waals surface area (Å²) in [6.07, 6.45) is 0.186. The molecule has 0 aromatic heterocycles. The number of benzene rings is 2. The molecule has 2 aromatic carbocycles. The highest BCUT2D eigenvalue weighted by atomic mass is 35.5. The van der Waals surface area contributed by atoms with Crippen molar-refractivity contribution in [2.45, 2.75) is 28.5 Å². The van der Waals surface area contributed by atoms with Crippen molar-refractivity contribution in [2.75, 3.05) is 19.1 Å². The molecule has 2 heterocycles. The van der Waals surface area contributed by atoms with Crippen molar-refractivity contribution in [3.05, 3.63) is 64.5 Å². The molecule has 0 unspecified atom stereocenters. The van der Waals surface area contributed by atoms with Gasteiger partial charge in [0.1, 0.15) is 5.82 Å². The summed E-state index contributed by atoms with van der Waals surface area (Å²) in [6.45, 7) is 0. The van der Waals surface area contributed by atoms with Gasteiger partial charge in [0.05, 0.1) is 36.8 Å². The average molecular weight is 652 g/mol. The van der Waals surface area contributed by atoms with Gasteiger partial charge in [-0.2, -0.15) is 4.90 Å². The number of alkyl halides is 2. The van der Waals surface area contributed by atoms with Crippen molar-refractivity contribution in [1.29, 1.82) is 0 Å². The highest BCUT2D eigenvalue weighted by molar-refractivity contribution is 6.58. The minimum absolute atomic E-state index is 0.0140. The molecule has 3 fully saturated rings. The number of rotatable bonds is 3. The average Bonchev–Trinajstić information content (AvgIpc) is 3.32. The Morgan fingerprint density at radius 2 is 1.70 bits per heavy atom. The van der Waals surface area contributed by atoms with Crippen molar-refractivity contribution < 1.29 is 42.9 Å². The van der Waals surface area contributed by atoms with Gasteiger partial charge in [-0.05, 0) is 60.7 Å². The molecule has 14 heteroatoms. The van der Waals surface area contributed by atoms with E-state index in [9.17, 15) is 33.5 Å². The molecule has 0 radical (unpaired) electrons. The lowest BCUT2D eigenvalue weighted by Crippen LogP contribution is -2.60. The van der Waals surface area contributed by atoms with Crippen LogP contribution < -0.4 is 9.64 Å². The first kappa shape index (κ1) is 29.4. The number of methoxy groups -OCH3 is 2. The zero-order valence-corrected chi connectivity index (χ0v) is 24.7. The van der Waals surface area contributed by atoms with Gasteiger partial charge in [-0.25, -0.2) is 14.1 Å². The number of phenols is 1. The summed E-state index contributed by atoms with van der Waals surface area (Å²) >= 11 is 20.8. The van der Waals surface area contributed by atoms with Gasteiger partial charge in [-0.15, -0.1) is 23.2 Å². The third kappa shape index (κ3) is 3.80. The monoisotopic (exact) mass is 650 g/mol. The molecule has 1 saturated carbocycles. The topological polar surface area (TPSA) is 131 Å². The summed E-state index contributed by atoms with van der Waals surface area (Å²) in [5.41, 5.74) is 0.675. The number of likely N-dealkylation sites (tertiary alicyclic amines) is 1. The number of carbonyl (C=O) groups excluding carboxylic acids is 5. The molecule has 2 aliphatic heterocycles. The van der Waals surface area contributed by atoms with Gasteiger partial charge >= 0.3 is 6.09 Å². The Labute approximate surface area is 258 Å². The van der Waals surface area contributed by atoms with E-state index in [2.05, 4.69) is 4.74 Å². The minimum atomic E-state index is -2.21. The number of phenolic OH excluding ortho intramolecular Hbond substituents is 1. The summed E-state index contributed by atoms with van der Waals surface area (Å²) in [7, 11) is 2.33. The van der Waals surface area contributed by atoms with E-state index in [-0.39, 0.29) is 40.6 Å². The number of ether oxygens (including phenoxy) is 2. The highest BCUT2D eigenvalue weighted by Gasteiger charge is 2.76. The van der Waals surface area contributed by atoms with Crippen LogP contribution in [0.1, 0.15) is 24.3 Å². The van der Waals surface area contributed by atoms with Gasteiger partial charge in [0, 0.05) is 5.92 Å². The van der Waals surface area contributed by atoms with Crippen LogP contribution in [0.4, 0.5) is 14.9 Å². The number of carbonyl (C=O) groups is 5. The number of amides is 5. The van der Waals surface area contributed by atoms with Crippen LogP contribution in [0.5, 0.6) is 11.5 Å². The Bertz CT molecular complexity index is 1670. The van der Waals surface area contributed by atoms with E-state index < -0.39 is 69.0 Å². The van der Waals surface area contributed by atoms with Gasteiger partial charge in [0.2, 0.25) is 11.8 Å². The molecule has 5 amide bonds. The van der Waals surface area contributed by atoms with Gasteiger partial charge in [0.15, 0.2) is 21.2 Å². The summed E-state index contributed by atoms with van der Waals surface area (Å²) in [4.78, 5) is 64.5. The van der Waals surface area contributed by atoms with E-state index in [1.165, 1.54) is 31.4 Å². The fourth-order valence-corrected chi connectivity index (χ4v) is 8.11. The molecular weight excluding hydrogens is 630 g/mol. The maximum atomic E-state index is 14.3. The first-order valence-electron chi connectivity index (χ1n) is 13.1. The van der Waals surface area contributed by atoms with E-state index in [1.807, 2.05) is 0 Å². The predicted octanol–water partition coefficient (Wildman–Crippen LogP) is 4.52. The molecule has 4 aliphatic rings. The number of nitrogens with zero attached hydrogens (tertiary/aromatic N) is 2. The molecular formula is C29H22Cl3FN2O8. The van der Waals surface area contributed by atoms with Crippen molar-refractivity contribution in [2.24, 2.45) is 17.8 Å². The Kier molecular flexibility index (Phi) is 6.79. The van der Waals surface area contributed by atoms with Gasteiger partial charge in [-0.3, -0.25) is 19.2 Å². The summed E-state index contributed by atoms with van der Waals surface area (Å²) in [6, 6.07) is 7.34. The third-order valence-corrected chi connectivity index (χ3v) is 10.6. The second-order valence-corrected chi connectivity index (χ2v) is 12.4. The highest BCUT2D eigenvalue weighted by Crippen LogP contribution is 2.66. The van der Waals surface area contributed by atoms with Crippen LogP contribution in [0, 0.1) is 23.6 Å². The van der Waals surface area contributed by atoms with E-state index in [0.29, 0.717) is 10.5 Å². The second kappa shape index (κ2) is 9.93. The largest absolute Gasteiger partial charge is 0.503 e. The van der Waals surface area contributed by atoms with E-state index in [4.69, 9.17) is 39.5 Å². The molecule has 10 nitrogen and oxygen atoms in total. The normalized spacial score (nSPS) is 31.4.